The third kappa shape index (κ3) is 5.52. The number of piperidine rings is 1. The number of hydrogen-bond acceptors (Lipinski definition) is 11. The molecule has 50 heavy (non-hydrogen) atoms. The molecule has 0 radical (unpaired) electrons. The first kappa shape index (κ1) is 33.7. The Morgan fingerprint density at radius 1 is 1.04 bits per heavy atom. The predicted molar refractivity (Wildman–Crippen MR) is 181 cm³/mol. The predicted octanol–water partition coefficient (Wildman–Crippen LogP) is 2.14. The Hall–Kier alpha value is -4.75. The van der Waals surface area contributed by atoms with Gasteiger partial charge in [0, 0.05) is 50.0 Å². The number of nitrogens with zero attached hydrogens (tertiary/aromatic N) is 6. The zero-order chi connectivity index (χ0) is 35.2. The molecule has 0 spiro atoms. The second kappa shape index (κ2) is 13.2. The van der Waals surface area contributed by atoms with E-state index >= 15 is 0 Å². The summed E-state index contributed by atoms with van der Waals surface area (Å²) in [6.45, 7) is 4.28. The van der Waals surface area contributed by atoms with Crippen molar-refractivity contribution in [3.05, 3.63) is 77.5 Å². The number of rotatable bonds is 9. The molecule has 7 rings (SSSR count). The van der Waals surface area contributed by atoms with Crippen molar-refractivity contribution in [2.45, 2.75) is 41.4 Å². The van der Waals surface area contributed by atoms with Crippen molar-refractivity contribution < 1.29 is 32.2 Å². The molecular weight excluding hydrogens is 662 g/mol. The SMILES string of the molecule is COc1ccc(S(=O)(=O)N2C(=O)C(NC(=O)N3CC(N4CCC(N(C)C5COC5)CC4)C3)(c3cccnc3OC)c3cc(C#N)ccc32)cc1. The smallest absolute Gasteiger partial charge is 0.318 e. The summed E-state index contributed by atoms with van der Waals surface area (Å²) in [5.74, 6) is -0.509. The number of carbonyl (C=O) groups excluding carboxylic acids is 2. The van der Waals surface area contributed by atoms with Gasteiger partial charge in [0.25, 0.3) is 15.9 Å². The Bertz CT molecular complexity index is 1930. The van der Waals surface area contributed by atoms with Gasteiger partial charge in [0.05, 0.1) is 61.3 Å². The highest BCUT2D eigenvalue weighted by molar-refractivity contribution is 7.93. The number of anilines is 1. The van der Waals surface area contributed by atoms with Gasteiger partial charge < -0.3 is 24.4 Å². The van der Waals surface area contributed by atoms with Gasteiger partial charge in [-0.3, -0.25) is 14.6 Å². The Balaban J connectivity index is 1.20. The minimum absolute atomic E-state index is 0.00110. The van der Waals surface area contributed by atoms with Crippen LogP contribution >= 0.6 is 0 Å². The maximum Gasteiger partial charge on any atom is 0.318 e. The minimum atomic E-state index is -4.53. The van der Waals surface area contributed by atoms with Crippen molar-refractivity contribution in [1.82, 2.24) is 25.0 Å². The van der Waals surface area contributed by atoms with E-state index in [0.717, 1.165) is 39.1 Å². The van der Waals surface area contributed by atoms with Crippen LogP contribution in [0.5, 0.6) is 11.6 Å². The number of benzene rings is 2. The van der Waals surface area contributed by atoms with Gasteiger partial charge in [-0.05, 0) is 74.5 Å². The summed E-state index contributed by atoms with van der Waals surface area (Å²) in [5, 5.41) is 12.8. The van der Waals surface area contributed by atoms with Gasteiger partial charge in [-0.25, -0.2) is 18.2 Å². The third-order valence-corrected chi connectivity index (χ3v) is 12.2. The van der Waals surface area contributed by atoms with Gasteiger partial charge in [-0.15, -0.1) is 0 Å². The highest BCUT2D eigenvalue weighted by Crippen LogP contribution is 2.49. The lowest BCUT2D eigenvalue weighted by molar-refractivity contribution is -0.121. The van der Waals surface area contributed by atoms with E-state index < -0.39 is 27.5 Å². The normalized spacial score (nSPS) is 21.7. The number of nitriles is 1. The highest BCUT2D eigenvalue weighted by atomic mass is 32.2. The molecule has 2 aromatic carbocycles. The number of fused-ring (bicyclic) bond motifs is 1. The van der Waals surface area contributed by atoms with Crippen LogP contribution in [0.1, 0.15) is 29.5 Å². The van der Waals surface area contributed by atoms with E-state index in [-0.39, 0.29) is 39.2 Å². The number of methoxy groups -OCH3 is 2. The van der Waals surface area contributed by atoms with Crippen molar-refractivity contribution >= 4 is 27.6 Å². The molecule has 4 aliphatic rings. The molecule has 1 unspecified atom stereocenters. The summed E-state index contributed by atoms with van der Waals surface area (Å²) in [4.78, 5) is 39.7. The fourth-order valence-electron chi connectivity index (χ4n) is 7.35. The molecule has 3 saturated heterocycles. The molecular formula is C35H39N7O7S. The second-order valence-corrected chi connectivity index (χ2v) is 14.8. The Morgan fingerprint density at radius 3 is 2.38 bits per heavy atom. The van der Waals surface area contributed by atoms with Gasteiger partial charge in [0.2, 0.25) is 5.88 Å². The Labute approximate surface area is 291 Å². The molecule has 0 aliphatic carbocycles. The number of hydrogen-bond donors (Lipinski definition) is 1. The van der Waals surface area contributed by atoms with Crippen LogP contribution in [0.25, 0.3) is 0 Å². The lowest BCUT2D eigenvalue weighted by Crippen LogP contribution is -2.67. The van der Waals surface area contributed by atoms with Crippen LogP contribution in [0.3, 0.4) is 0 Å². The van der Waals surface area contributed by atoms with Crippen LogP contribution in [0.15, 0.2) is 65.7 Å². The highest BCUT2D eigenvalue weighted by Gasteiger charge is 2.59. The van der Waals surface area contributed by atoms with E-state index in [0.29, 0.717) is 35.2 Å². The van der Waals surface area contributed by atoms with Gasteiger partial charge in [-0.1, -0.05) is 0 Å². The molecule has 0 bridgehead atoms. The molecule has 3 fully saturated rings. The first-order chi connectivity index (χ1) is 24.1. The molecule has 262 valence electrons. The Kier molecular flexibility index (Phi) is 8.89. The van der Waals surface area contributed by atoms with Crippen LogP contribution in [0.2, 0.25) is 0 Å². The van der Waals surface area contributed by atoms with Crippen LogP contribution in [-0.2, 0) is 25.1 Å². The zero-order valence-corrected chi connectivity index (χ0v) is 28.9. The fraction of sp³-hybridized carbons (Fsp3) is 0.429. The van der Waals surface area contributed by atoms with E-state index in [1.807, 2.05) is 0 Å². The van der Waals surface area contributed by atoms with Crippen molar-refractivity contribution in [2.75, 3.05) is 65.0 Å². The average Bonchev–Trinajstić information content (AvgIpc) is 3.34. The molecule has 15 heteroatoms. The number of nitrogens with one attached hydrogen (secondary N) is 1. The van der Waals surface area contributed by atoms with Crippen LogP contribution in [-0.4, -0.2) is 119 Å². The lowest BCUT2D eigenvalue weighted by Gasteiger charge is -2.50. The quantitative estimate of drug-likeness (QED) is 0.349. The molecule has 3 amide bonds. The fourth-order valence-corrected chi connectivity index (χ4v) is 8.81. The summed E-state index contributed by atoms with van der Waals surface area (Å²) >= 11 is 0. The second-order valence-electron chi connectivity index (χ2n) is 13.0. The molecule has 14 nitrogen and oxygen atoms in total. The minimum Gasteiger partial charge on any atom is -0.497 e. The first-order valence-corrected chi connectivity index (χ1v) is 17.9. The number of aromatic nitrogens is 1. The van der Waals surface area contributed by atoms with Gasteiger partial charge >= 0.3 is 6.03 Å². The number of amides is 3. The molecule has 1 atom stereocenters. The number of likely N-dealkylation sites (N-methyl/N-ethyl adjacent to an activating group) is 1. The van der Waals surface area contributed by atoms with Crippen molar-refractivity contribution in [2.24, 2.45) is 0 Å². The zero-order valence-electron chi connectivity index (χ0n) is 28.1. The van der Waals surface area contributed by atoms with Gasteiger partial charge in [0.15, 0.2) is 5.54 Å². The number of urea groups is 1. The third-order valence-electron chi connectivity index (χ3n) is 10.5. The molecule has 4 aliphatic heterocycles. The number of ether oxygens (including phenoxy) is 3. The van der Waals surface area contributed by atoms with Crippen LogP contribution < -0.4 is 19.1 Å². The standard InChI is InChI=1S/C35H39N7O7S/c1-39(26-21-49-22-26)24-12-15-40(16-13-24)25-19-41(20-25)34(44)38-35(29-5-4-14-37-32(29)48-3)30-17-23(18-36)6-11-31(30)42(33(35)43)50(45,46)28-9-7-27(47-2)8-10-28/h4-11,14,17,24-26H,12-13,15-16,19-22H2,1-3H3,(H,38,44). The molecule has 1 aromatic heterocycles. The lowest BCUT2D eigenvalue weighted by atomic mass is 9.83. The van der Waals surface area contributed by atoms with E-state index in [1.54, 1.807) is 17.0 Å². The first-order valence-electron chi connectivity index (χ1n) is 16.5. The number of pyridine rings is 1. The van der Waals surface area contributed by atoms with Gasteiger partial charge in [-0.2, -0.15) is 9.57 Å². The molecule has 1 N–H and O–H groups in total. The Morgan fingerprint density at radius 2 is 1.76 bits per heavy atom. The molecule has 3 aromatic rings. The summed E-state index contributed by atoms with van der Waals surface area (Å²) in [7, 11) is 0.477. The monoisotopic (exact) mass is 701 g/mol. The van der Waals surface area contributed by atoms with Crippen LogP contribution in [0, 0.1) is 11.3 Å². The van der Waals surface area contributed by atoms with E-state index in [4.69, 9.17) is 14.2 Å². The van der Waals surface area contributed by atoms with E-state index in [9.17, 15) is 23.3 Å². The van der Waals surface area contributed by atoms with Crippen LogP contribution in [0.4, 0.5) is 10.5 Å². The van der Waals surface area contributed by atoms with Crippen molar-refractivity contribution in [3.63, 3.8) is 0 Å². The number of carbonyl (C=O) groups is 2. The van der Waals surface area contributed by atoms with E-state index in [2.05, 4.69) is 33.2 Å². The maximum absolute atomic E-state index is 14.9. The summed E-state index contributed by atoms with van der Waals surface area (Å²) in [6.07, 6.45) is 3.53. The molecule has 5 heterocycles. The van der Waals surface area contributed by atoms with Gasteiger partial charge in [0.1, 0.15) is 5.75 Å². The van der Waals surface area contributed by atoms with Crippen molar-refractivity contribution in [3.8, 4) is 17.7 Å². The number of likely N-dealkylation sites (tertiary alicyclic amines) is 2. The van der Waals surface area contributed by atoms with E-state index in [1.165, 1.54) is 62.9 Å². The topological polar surface area (TPSA) is 158 Å². The molecule has 0 saturated carbocycles. The maximum atomic E-state index is 14.9. The van der Waals surface area contributed by atoms with Crippen molar-refractivity contribution in [1.29, 1.82) is 5.26 Å². The summed E-state index contributed by atoms with van der Waals surface area (Å²) in [6, 6.07) is 15.7. The largest absolute Gasteiger partial charge is 0.497 e. The average molecular weight is 702 g/mol. The summed E-state index contributed by atoms with van der Waals surface area (Å²) < 4.78 is 45.4. The summed E-state index contributed by atoms with van der Waals surface area (Å²) in [5.41, 5.74) is -1.69. The number of sulfonamides is 1.